The third-order valence-corrected chi connectivity index (χ3v) is 5.89. The van der Waals surface area contributed by atoms with Crippen molar-refractivity contribution in [3.8, 4) is 0 Å². The van der Waals surface area contributed by atoms with Gasteiger partial charge in [-0.2, -0.15) is 0 Å². The number of H-pyrrole nitrogens is 1. The molecule has 156 valence electrons. The molecule has 0 saturated carbocycles. The summed E-state index contributed by atoms with van der Waals surface area (Å²) in [5.41, 5.74) is 2.05. The minimum Gasteiger partial charge on any atom is -0.361 e. The molecule has 2 aliphatic rings. The zero-order valence-corrected chi connectivity index (χ0v) is 17.1. The molecule has 7 nitrogen and oxygen atoms in total. The summed E-state index contributed by atoms with van der Waals surface area (Å²) in [5, 5.41) is 4.05. The number of rotatable bonds is 5. The summed E-state index contributed by atoms with van der Waals surface area (Å²) in [5.74, 6) is -0.862. The van der Waals surface area contributed by atoms with Crippen molar-refractivity contribution in [2.75, 3.05) is 26.3 Å². The number of fused-ring (bicyclic) bond motifs is 1. The Kier molecular flexibility index (Phi) is 5.61. The van der Waals surface area contributed by atoms with Crippen molar-refractivity contribution < 1.29 is 19.1 Å². The highest BCUT2D eigenvalue weighted by Crippen LogP contribution is 2.31. The Morgan fingerprint density at radius 3 is 2.55 bits per heavy atom. The van der Waals surface area contributed by atoms with E-state index in [2.05, 4.69) is 10.3 Å². The summed E-state index contributed by atoms with van der Waals surface area (Å²) < 4.78 is 11.5. The molecule has 1 aromatic heterocycles. The average molecular weight is 399 g/mol. The molecule has 2 aromatic rings. The van der Waals surface area contributed by atoms with Gasteiger partial charge in [0.25, 0.3) is 0 Å². The second kappa shape index (κ2) is 8.16. The maximum absolute atomic E-state index is 13.3. The number of aromatic amines is 1. The number of hydrogen-bond acceptors (Lipinski definition) is 4. The lowest BCUT2D eigenvalue weighted by Gasteiger charge is -2.39. The molecule has 1 spiro atoms. The highest BCUT2D eigenvalue weighted by Gasteiger charge is 2.42. The highest BCUT2D eigenvalue weighted by atomic mass is 16.7. The fourth-order valence-electron chi connectivity index (χ4n) is 4.13. The van der Waals surface area contributed by atoms with E-state index >= 15 is 0 Å². The van der Waals surface area contributed by atoms with E-state index in [1.165, 1.54) is 0 Å². The fraction of sp³-hybridized carbons (Fsp3) is 0.545. The first-order valence-electron chi connectivity index (χ1n) is 10.4. The zero-order chi connectivity index (χ0) is 20.4. The topological polar surface area (TPSA) is 83.7 Å². The number of para-hydroxylation sites is 1. The van der Waals surface area contributed by atoms with Gasteiger partial charge in [0.2, 0.25) is 11.8 Å². The van der Waals surface area contributed by atoms with Gasteiger partial charge >= 0.3 is 0 Å². The van der Waals surface area contributed by atoms with Gasteiger partial charge in [-0.15, -0.1) is 0 Å². The minimum absolute atomic E-state index is 0.0443. The molecule has 1 unspecified atom stereocenters. The molecule has 7 heteroatoms. The number of amides is 2. The van der Waals surface area contributed by atoms with E-state index in [-0.39, 0.29) is 17.7 Å². The van der Waals surface area contributed by atoms with Crippen LogP contribution < -0.4 is 5.32 Å². The third-order valence-electron chi connectivity index (χ3n) is 5.89. The van der Waals surface area contributed by atoms with Crippen LogP contribution in [0.25, 0.3) is 10.9 Å². The van der Waals surface area contributed by atoms with Crippen LogP contribution in [0, 0.1) is 5.92 Å². The molecule has 2 amide bonds. The van der Waals surface area contributed by atoms with E-state index in [9.17, 15) is 9.59 Å². The third kappa shape index (κ3) is 4.16. The first-order chi connectivity index (χ1) is 14.0. The first kappa shape index (κ1) is 19.9. The van der Waals surface area contributed by atoms with Crippen LogP contribution in [0.3, 0.4) is 0 Å². The van der Waals surface area contributed by atoms with E-state index < -0.39 is 11.8 Å². The second-order valence-corrected chi connectivity index (χ2v) is 8.21. The molecule has 0 radical (unpaired) electrons. The lowest BCUT2D eigenvalue weighted by molar-refractivity contribution is -0.188. The van der Waals surface area contributed by atoms with Crippen LogP contribution in [-0.2, 0) is 25.5 Å². The number of nitrogens with zero attached hydrogens (tertiary/aromatic N) is 1. The standard InChI is InChI=1S/C22H29N3O4/c1-15(2)20(26)24-19(13-16-14-23-18-6-4-3-5-17(16)18)21(27)25-9-7-22(8-10-25)28-11-12-29-22/h3-6,14-15,19,23H,7-13H2,1-2H3,(H,24,26). The van der Waals surface area contributed by atoms with E-state index in [0.29, 0.717) is 45.6 Å². The van der Waals surface area contributed by atoms with E-state index in [1.807, 2.05) is 49.2 Å². The van der Waals surface area contributed by atoms with Gasteiger partial charge in [0.15, 0.2) is 5.79 Å². The highest BCUT2D eigenvalue weighted by molar-refractivity contribution is 5.90. The number of hydrogen-bond donors (Lipinski definition) is 2. The van der Waals surface area contributed by atoms with Gasteiger partial charge in [-0.25, -0.2) is 0 Å². The second-order valence-electron chi connectivity index (χ2n) is 8.21. The Labute approximate surface area is 170 Å². The van der Waals surface area contributed by atoms with Crippen LogP contribution >= 0.6 is 0 Å². The first-order valence-corrected chi connectivity index (χ1v) is 10.4. The molecule has 29 heavy (non-hydrogen) atoms. The Morgan fingerprint density at radius 1 is 1.17 bits per heavy atom. The maximum Gasteiger partial charge on any atom is 0.245 e. The van der Waals surface area contributed by atoms with Crippen molar-refractivity contribution in [3.05, 3.63) is 36.0 Å². The predicted octanol–water partition coefficient (Wildman–Crippen LogP) is 2.22. The number of likely N-dealkylation sites (tertiary alicyclic amines) is 1. The summed E-state index contributed by atoms with van der Waals surface area (Å²) in [6, 6.07) is 7.40. The van der Waals surface area contributed by atoms with Crippen molar-refractivity contribution in [1.29, 1.82) is 0 Å². The predicted molar refractivity (Wildman–Crippen MR) is 109 cm³/mol. The van der Waals surface area contributed by atoms with Crippen LogP contribution in [-0.4, -0.2) is 59.8 Å². The average Bonchev–Trinajstić information content (AvgIpc) is 3.35. The molecule has 1 atom stereocenters. The van der Waals surface area contributed by atoms with Crippen molar-refractivity contribution in [2.24, 2.45) is 5.92 Å². The Balaban J connectivity index is 1.50. The Bertz CT molecular complexity index is 875. The number of piperidine rings is 1. The summed E-state index contributed by atoms with van der Waals surface area (Å²) in [6.45, 7) is 6.04. The van der Waals surface area contributed by atoms with Crippen LogP contribution in [0.5, 0.6) is 0 Å². The molecular formula is C22H29N3O4. The Hall–Kier alpha value is -2.38. The van der Waals surface area contributed by atoms with Crippen molar-refractivity contribution in [2.45, 2.75) is 44.9 Å². The van der Waals surface area contributed by atoms with Crippen LogP contribution in [0.4, 0.5) is 0 Å². The molecule has 4 rings (SSSR count). The molecule has 3 heterocycles. The molecule has 1 aromatic carbocycles. The van der Waals surface area contributed by atoms with Crippen LogP contribution in [0.2, 0.25) is 0 Å². The number of carbonyl (C=O) groups excluding carboxylic acids is 2. The van der Waals surface area contributed by atoms with E-state index in [4.69, 9.17) is 9.47 Å². The van der Waals surface area contributed by atoms with Gasteiger partial charge in [0.05, 0.1) is 13.2 Å². The van der Waals surface area contributed by atoms with Gasteiger partial charge < -0.3 is 24.7 Å². The molecule has 2 aliphatic heterocycles. The lowest BCUT2D eigenvalue weighted by atomic mass is 9.99. The van der Waals surface area contributed by atoms with E-state index in [1.54, 1.807) is 0 Å². The molecule has 2 saturated heterocycles. The van der Waals surface area contributed by atoms with Gasteiger partial charge in [-0.1, -0.05) is 32.0 Å². The van der Waals surface area contributed by atoms with Crippen molar-refractivity contribution in [1.82, 2.24) is 15.2 Å². The Morgan fingerprint density at radius 2 is 1.86 bits per heavy atom. The molecular weight excluding hydrogens is 370 g/mol. The summed E-state index contributed by atoms with van der Waals surface area (Å²) in [6.07, 6.45) is 3.71. The van der Waals surface area contributed by atoms with E-state index in [0.717, 1.165) is 16.5 Å². The maximum atomic E-state index is 13.3. The smallest absolute Gasteiger partial charge is 0.245 e. The molecule has 0 bridgehead atoms. The van der Waals surface area contributed by atoms with Crippen molar-refractivity contribution >= 4 is 22.7 Å². The van der Waals surface area contributed by atoms with Crippen LogP contribution in [0.1, 0.15) is 32.3 Å². The summed E-state index contributed by atoms with van der Waals surface area (Å²) >= 11 is 0. The zero-order valence-electron chi connectivity index (χ0n) is 17.1. The molecule has 0 aliphatic carbocycles. The SMILES string of the molecule is CC(C)C(=O)NC(Cc1c[nH]c2ccccc12)C(=O)N1CCC2(CC1)OCCO2. The lowest BCUT2D eigenvalue weighted by Crippen LogP contribution is -2.54. The number of carbonyl (C=O) groups is 2. The van der Waals surface area contributed by atoms with Gasteiger partial charge in [-0.3, -0.25) is 9.59 Å². The molecule has 2 fully saturated rings. The number of nitrogens with one attached hydrogen (secondary N) is 2. The van der Waals surface area contributed by atoms with Crippen molar-refractivity contribution in [3.63, 3.8) is 0 Å². The van der Waals surface area contributed by atoms with Gasteiger partial charge in [-0.05, 0) is 11.6 Å². The monoisotopic (exact) mass is 399 g/mol. The van der Waals surface area contributed by atoms with Crippen LogP contribution in [0.15, 0.2) is 30.5 Å². The quantitative estimate of drug-likeness (QED) is 0.808. The largest absolute Gasteiger partial charge is 0.361 e. The number of ether oxygens (including phenoxy) is 2. The normalized spacial score (nSPS) is 19.8. The van der Waals surface area contributed by atoms with Gasteiger partial charge in [0, 0.05) is 55.4 Å². The summed E-state index contributed by atoms with van der Waals surface area (Å²) in [4.78, 5) is 30.8. The minimum atomic E-state index is -0.594. The number of aromatic nitrogens is 1. The fourth-order valence-corrected chi connectivity index (χ4v) is 4.13. The summed E-state index contributed by atoms with van der Waals surface area (Å²) in [7, 11) is 0. The molecule has 2 N–H and O–H groups in total. The number of benzene rings is 1. The van der Waals surface area contributed by atoms with Gasteiger partial charge in [0.1, 0.15) is 6.04 Å².